The molecule has 0 amide bonds. The highest BCUT2D eigenvalue weighted by Gasteiger charge is 2.31. The lowest BCUT2D eigenvalue weighted by molar-refractivity contribution is -0.391. The van der Waals surface area contributed by atoms with Gasteiger partial charge in [-0.3, -0.25) is 0 Å². The molecule has 1 rings (SSSR count). The van der Waals surface area contributed by atoms with Gasteiger partial charge in [-0.15, -0.1) is 0 Å². The SMILES string of the molecule is O=[N+]([O-])c1nc(C(F)F)cc(S(=O)(=O)Cl)c1O. The summed E-state index contributed by atoms with van der Waals surface area (Å²) in [5, 5.41) is 19.6. The molecule has 11 heteroatoms. The van der Waals surface area contributed by atoms with Gasteiger partial charge in [-0.1, -0.05) is 0 Å². The Morgan fingerprint density at radius 1 is 1.53 bits per heavy atom. The molecule has 0 aromatic carbocycles. The Morgan fingerprint density at radius 2 is 2.06 bits per heavy atom. The molecule has 0 atom stereocenters. The molecule has 0 unspecified atom stereocenters. The summed E-state index contributed by atoms with van der Waals surface area (Å²) in [6, 6.07) is 0.273. The van der Waals surface area contributed by atoms with Crippen molar-refractivity contribution in [1.82, 2.24) is 4.98 Å². The number of aromatic hydroxyl groups is 1. The van der Waals surface area contributed by atoms with Gasteiger partial charge in [-0.05, 0) is 9.91 Å². The Morgan fingerprint density at radius 3 is 2.41 bits per heavy atom. The normalized spacial score (nSPS) is 11.8. The van der Waals surface area contributed by atoms with Gasteiger partial charge in [0.1, 0.15) is 4.90 Å². The molecule has 0 radical (unpaired) electrons. The van der Waals surface area contributed by atoms with E-state index < -0.39 is 42.6 Å². The second kappa shape index (κ2) is 4.37. The Labute approximate surface area is 97.2 Å². The van der Waals surface area contributed by atoms with Crippen molar-refractivity contribution in [3.8, 4) is 5.75 Å². The van der Waals surface area contributed by atoms with Crippen molar-refractivity contribution in [2.75, 3.05) is 0 Å². The summed E-state index contributed by atoms with van der Waals surface area (Å²) >= 11 is 0. The summed E-state index contributed by atoms with van der Waals surface area (Å²) in [5.41, 5.74) is -1.17. The van der Waals surface area contributed by atoms with E-state index in [2.05, 4.69) is 4.98 Å². The first kappa shape index (κ1) is 13.5. The summed E-state index contributed by atoms with van der Waals surface area (Å²) in [4.78, 5) is 10.7. The second-order valence-corrected chi connectivity index (χ2v) is 5.25. The molecule has 1 aromatic heterocycles. The van der Waals surface area contributed by atoms with Gasteiger partial charge in [0.25, 0.3) is 9.05 Å². The van der Waals surface area contributed by atoms with Crippen LogP contribution in [-0.4, -0.2) is 23.4 Å². The highest BCUT2D eigenvalue weighted by atomic mass is 35.7. The maximum absolute atomic E-state index is 12.3. The minimum absolute atomic E-state index is 0.273. The number of pyridine rings is 1. The number of aromatic nitrogens is 1. The summed E-state index contributed by atoms with van der Waals surface area (Å²) in [7, 11) is 0.233. The maximum Gasteiger partial charge on any atom is 0.407 e. The van der Waals surface area contributed by atoms with Crippen LogP contribution in [0.25, 0.3) is 0 Å². The molecule has 0 spiro atoms. The van der Waals surface area contributed by atoms with Crippen LogP contribution in [0.1, 0.15) is 12.1 Å². The van der Waals surface area contributed by atoms with Crippen molar-refractivity contribution in [2.45, 2.75) is 11.3 Å². The predicted octanol–water partition coefficient (Wildman–Crippen LogP) is 1.56. The number of nitrogens with zero attached hydrogens (tertiary/aromatic N) is 2. The van der Waals surface area contributed by atoms with Gasteiger partial charge >= 0.3 is 12.2 Å². The van der Waals surface area contributed by atoms with Crippen LogP contribution in [0.5, 0.6) is 5.75 Å². The predicted molar refractivity (Wildman–Crippen MR) is 50.6 cm³/mol. The van der Waals surface area contributed by atoms with E-state index in [1.54, 1.807) is 0 Å². The van der Waals surface area contributed by atoms with Crippen LogP contribution in [0.4, 0.5) is 14.6 Å². The molecule has 0 bridgehead atoms. The second-order valence-electron chi connectivity index (χ2n) is 2.71. The van der Waals surface area contributed by atoms with Crippen molar-refractivity contribution in [2.24, 2.45) is 0 Å². The molecule has 0 aliphatic rings. The van der Waals surface area contributed by atoms with E-state index in [1.165, 1.54) is 0 Å². The monoisotopic (exact) mass is 288 g/mol. The summed E-state index contributed by atoms with van der Waals surface area (Å²) in [6.07, 6.45) is -3.24. The molecule has 0 aliphatic heterocycles. The molecule has 1 heterocycles. The van der Waals surface area contributed by atoms with E-state index in [4.69, 9.17) is 10.7 Å². The van der Waals surface area contributed by atoms with Gasteiger partial charge in [0, 0.05) is 16.7 Å². The van der Waals surface area contributed by atoms with Gasteiger partial charge in [0.05, 0.1) is 0 Å². The first-order valence-corrected chi connectivity index (χ1v) is 6.06. The molecule has 0 saturated carbocycles. The highest BCUT2D eigenvalue weighted by Crippen LogP contribution is 2.35. The highest BCUT2D eigenvalue weighted by molar-refractivity contribution is 8.13. The molecule has 1 N–H and O–H groups in total. The Kier molecular flexibility index (Phi) is 3.48. The van der Waals surface area contributed by atoms with E-state index in [0.717, 1.165) is 0 Å². The van der Waals surface area contributed by atoms with Crippen LogP contribution in [0.3, 0.4) is 0 Å². The van der Waals surface area contributed by atoms with Gasteiger partial charge in [0.2, 0.25) is 11.4 Å². The van der Waals surface area contributed by atoms with Crippen molar-refractivity contribution in [3.05, 3.63) is 21.9 Å². The standard InChI is InChI=1S/C6H3ClF2N2O5S/c7-17(15,16)3-1-2(5(8)9)10-6(4(3)12)11(13)14/h1,5,12H. The zero-order chi connectivity index (χ0) is 13.4. The topological polar surface area (TPSA) is 110 Å². The summed E-state index contributed by atoms with van der Waals surface area (Å²) < 4.78 is 46.4. The molecule has 0 fully saturated rings. The van der Waals surface area contributed by atoms with E-state index in [9.17, 15) is 32.4 Å². The summed E-state index contributed by atoms with van der Waals surface area (Å²) in [6.45, 7) is 0. The Hall–Kier alpha value is -1.55. The van der Waals surface area contributed by atoms with Gasteiger partial charge in [-0.2, -0.15) is 0 Å². The van der Waals surface area contributed by atoms with Crippen molar-refractivity contribution < 1.29 is 27.2 Å². The molecular weight excluding hydrogens is 286 g/mol. The van der Waals surface area contributed by atoms with Crippen LogP contribution >= 0.6 is 10.7 Å². The molecule has 1 aromatic rings. The quantitative estimate of drug-likeness (QED) is 0.513. The first-order chi connectivity index (χ1) is 7.64. The average Bonchev–Trinajstić information content (AvgIpc) is 2.15. The lowest BCUT2D eigenvalue weighted by Gasteiger charge is -2.02. The molecule has 94 valence electrons. The zero-order valence-corrected chi connectivity index (χ0v) is 9.24. The summed E-state index contributed by atoms with van der Waals surface area (Å²) in [5.74, 6) is -2.78. The van der Waals surface area contributed by atoms with Crippen molar-refractivity contribution in [3.63, 3.8) is 0 Å². The van der Waals surface area contributed by atoms with Gasteiger partial charge in [-0.25, -0.2) is 17.2 Å². The van der Waals surface area contributed by atoms with Crippen LogP contribution in [0, 0.1) is 10.1 Å². The maximum atomic E-state index is 12.3. The number of nitro groups is 1. The fourth-order valence-electron chi connectivity index (χ4n) is 0.945. The molecule has 0 aliphatic carbocycles. The molecular formula is C6H3ClF2N2O5S. The number of rotatable bonds is 3. The van der Waals surface area contributed by atoms with Crippen LogP contribution in [0.15, 0.2) is 11.0 Å². The fraction of sp³-hybridized carbons (Fsp3) is 0.167. The van der Waals surface area contributed by atoms with Crippen molar-refractivity contribution in [1.29, 1.82) is 0 Å². The third kappa shape index (κ3) is 2.77. The third-order valence-corrected chi connectivity index (χ3v) is 2.95. The zero-order valence-electron chi connectivity index (χ0n) is 7.67. The minimum atomic E-state index is -4.60. The largest absolute Gasteiger partial charge is 0.500 e. The van der Waals surface area contributed by atoms with Gasteiger partial charge < -0.3 is 15.2 Å². The van der Waals surface area contributed by atoms with Crippen LogP contribution < -0.4 is 0 Å². The number of halogens is 3. The number of hydrogen-bond acceptors (Lipinski definition) is 6. The average molecular weight is 289 g/mol. The molecule has 7 nitrogen and oxygen atoms in total. The van der Waals surface area contributed by atoms with E-state index in [-0.39, 0.29) is 6.07 Å². The smallest absolute Gasteiger partial charge is 0.407 e. The van der Waals surface area contributed by atoms with Crippen LogP contribution in [-0.2, 0) is 9.05 Å². The minimum Gasteiger partial charge on any atom is -0.500 e. The lowest BCUT2D eigenvalue weighted by atomic mass is 10.3. The number of hydrogen-bond donors (Lipinski definition) is 1. The first-order valence-electron chi connectivity index (χ1n) is 3.75. The fourth-order valence-corrected chi connectivity index (χ4v) is 1.88. The molecule has 17 heavy (non-hydrogen) atoms. The van der Waals surface area contributed by atoms with E-state index in [1.807, 2.05) is 0 Å². The van der Waals surface area contributed by atoms with Crippen LogP contribution in [0.2, 0.25) is 0 Å². The Balaban J connectivity index is 3.67. The van der Waals surface area contributed by atoms with E-state index >= 15 is 0 Å². The van der Waals surface area contributed by atoms with E-state index in [0.29, 0.717) is 0 Å². The van der Waals surface area contributed by atoms with Gasteiger partial charge in [0.15, 0.2) is 0 Å². The lowest BCUT2D eigenvalue weighted by Crippen LogP contribution is -2.02. The van der Waals surface area contributed by atoms with Crippen molar-refractivity contribution >= 4 is 25.6 Å². The third-order valence-electron chi connectivity index (χ3n) is 1.62. The Bertz CT molecular complexity index is 576. The number of alkyl halides is 2. The molecule has 0 saturated heterocycles.